The van der Waals surface area contributed by atoms with E-state index in [0.717, 1.165) is 27.8 Å². The number of nitrogens with zero attached hydrogens (tertiary/aromatic N) is 1. The van der Waals surface area contributed by atoms with E-state index in [1.807, 2.05) is 152 Å². The Kier molecular flexibility index (Phi) is 27.7. The van der Waals surface area contributed by atoms with E-state index in [2.05, 4.69) is 4.99 Å². The first-order valence-electron chi connectivity index (χ1n) is 33.4. The van der Waals surface area contributed by atoms with Crippen LogP contribution in [0.3, 0.4) is 0 Å². The number of aliphatic hydroxyl groups excluding tert-OH is 1. The first-order valence-corrected chi connectivity index (χ1v) is 33.4. The Hall–Kier alpha value is -6.70. The maximum Gasteiger partial charge on any atom is 0.311 e. The Morgan fingerprint density at radius 3 is 1.11 bits per heavy atom. The molecule has 3 heterocycles. The van der Waals surface area contributed by atoms with E-state index >= 15 is 0 Å². The van der Waals surface area contributed by atoms with Crippen LogP contribution in [0.5, 0.6) is 0 Å². The lowest BCUT2D eigenvalue weighted by Crippen LogP contribution is -2.68. The molecule has 3 fully saturated rings. The molecule has 15 atom stereocenters. The highest BCUT2D eigenvalue weighted by Crippen LogP contribution is 2.40. The van der Waals surface area contributed by atoms with Crippen molar-refractivity contribution >= 4 is 24.0 Å². The first-order chi connectivity index (χ1) is 46.1. The molecule has 3 aliphatic rings. The monoisotopic (exact) mass is 1350 g/mol. The molecule has 0 aromatic heterocycles. The lowest BCUT2D eigenvalue weighted by molar-refractivity contribution is -0.385. The molecule has 97 heavy (non-hydrogen) atoms. The summed E-state index contributed by atoms with van der Waals surface area (Å²) in [6.07, 6.45) is -19.5. The Labute approximate surface area is 571 Å². The van der Waals surface area contributed by atoms with Crippen LogP contribution in [0.15, 0.2) is 157 Å². The standard InChI is InChI=1S/C76H101NO20/c1-49-58(78)55(46-83-41-50-29-19-14-20-30-50)89-67(59(49)94-69(79)73(2,3)4)92-61-57(48-85-43-52-33-23-16-24-34-52)91-68(65(96-71(81)75(8,9)10)63(61)88-45-54-37-27-18-28-38-54)93-60-56(47-84-42-51-31-21-15-22-32-51)90-66(86-40-39-77-72(82)97-76(11,12)13)64(95-70(80)74(5,6)7)62(60)87-44-53-35-25-17-26-36-53/h14-38,49,55-68,78H,39-48H2,1-13H3,(H,77,82)/p-1. The van der Waals surface area contributed by atoms with Crippen LogP contribution in [0, 0.1) is 22.2 Å². The van der Waals surface area contributed by atoms with Crippen molar-refractivity contribution in [2.45, 2.75) is 215 Å². The molecule has 0 saturated carbocycles. The summed E-state index contributed by atoms with van der Waals surface area (Å²) in [5.41, 5.74) is 0.0310. The van der Waals surface area contributed by atoms with Crippen molar-refractivity contribution < 1.29 is 95.6 Å². The van der Waals surface area contributed by atoms with Crippen LogP contribution in [-0.4, -0.2) is 154 Å². The van der Waals surface area contributed by atoms with Gasteiger partial charge in [0.25, 0.3) is 0 Å². The number of carbonyl (C=O) groups excluding carboxylic acids is 3. The fraction of sp³-hybridized carbons (Fsp3) is 0.553. The molecule has 3 saturated heterocycles. The lowest BCUT2D eigenvalue weighted by atomic mass is 9.89. The van der Waals surface area contributed by atoms with Gasteiger partial charge in [-0.05, 0) is 90.1 Å². The number of ether oxygens (including phenoxy) is 15. The normalized spacial score (nSPS) is 26.6. The van der Waals surface area contributed by atoms with Crippen LogP contribution in [0.1, 0.15) is 118 Å². The zero-order chi connectivity index (χ0) is 69.9. The summed E-state index contributed by atoms with van der Waals surface area (Å²) in [7, 11) is 0. The second kappa shape index (κ2) is 35.4. The zero-order valence-corrected chi connectivity index (χ0v) is 58.3. The zero-order valence-electron chi connectivity index (χ0n) is 58.3. The Morgan fingerprint density at radius 2 is 0.742 bits per heavy atom. The van der Waals surface area contributed by atoms with Crippen molar-refractivity contribution in [2.75, 3.05) is 33.0 Å². The first kappa shape index (κ1) is 76.1. The summed E-state index contributed by atoms with van der Waals surface area (Å²) in [4.78, 5) is 47.6. The topological polar surface area (TPSA) is 245 Å². The van der Waals surface area contributed by atoms with Crippen molar-refractivity contribution in [1.29, 1.82) is 0 Å². The molecule has 0 radical (unpaired) electrons. The van der Waals surface area contributed by atoms with Crippen molar-refractivity contribution in [3.05, 3.63) is 179 Å². The molecular weight excluding hydrogens is 1250 g/mol. The highest BCUT2D eigenvalue weighted by atomic mass is 16.8. The molecule has 0 spiro atoms. The van der Waals surface area contributed by atoms with Gasteiger partial charge in [-0.25, -0.2) is 0 Å². The molecule has 8 rings (SSSR count). The van der Waals surface area contributed by atoms with Gasteiger partial charge in [0.2, 0.25) is 0 Å². The molecule has 530 valence electrons. The van der Waals surface area contributed by atoms with Crippen molar-refractivity contribution in [1.82, 2.24) is 0 Å². The highest BCUT2D eigenvalue weighted by Gasteiger charge is 2.58. The van der Waals surface area contributed by atoms with Gasteiger partial charge < -0.3 is 81.3 Å². The van der Waals surface area contributed by atoms with Gasteiger partial charge in [0.05, 0.1) is 88.4 Å². The van der Waals surface area contributed by atoms with E-state index in [-0.39, 0.29) is 66.0 Å². The minimum absolute atomic E-state index is 0.0520. The summed E-state index contributed by atoms with van der Waals surface area (Å²) < 4.78 is 101. The third kappa shape index (κ3) is 23.2. The van der Waals surface area contributed by atoms with Gasteiger partial charge in [0.15, 0.2) is 37.2 Å². The number of benzene rings is 5. The minimum atomic E-state index is -1.64. The van der Waals surface area contributed by atoms with Gasteiger partial charge in [-0.2, -0.15) is 0 Å². The molecular formula is C76H100NO20-. The van der Waals surface area contributed by atoms with E-state index in [9.17, 15) is 24.6 Å². The summed E-state index contributed by atoms with van der Waals surface area (Å²) in [6, 6.07) is 47.3. The van der Waals surface area contributed by atoms with E-state index in [0.29, 0.717) is 0 Å². The summed E-state index contributed by atoms with van der Waals surface area (Å²) in [5.74, 6) is -2.72. The van der Waals surface area contributed by atoms with Crippen LogP contribution in [0.25, 0.3) is 0 Å². The molecule has 5 aromatic rings. The largest absolute Gasteiger partial charge is 0.595 e. The number of hydrogen-bond donors (Lipinski definition) is 1. The molecule has 0 aliphatic carbocycles. The molecule has 3 aliphatic heterocycles. The molecule has 5 aromatic carbocycles. The number of aliphatic imine (C=N–C) groups is 1. The summed E-state index contributed by atoms with van der Waals surface area (Å²) >= 11 is 0. The number of rotatable bonds is 29. The van der Waals surface area contributed by atoms with Gasteiger partial charge in [-0.15, -0.1) is 0 Å². The number of carbonyl (C=O) groups is 3. The number of hydrogen-bond acceptors (Lipinski definition) is 21. The molecule has 21 nitrogen and oxygen atoms in total. The fourth-order valence-corrected chi connectivity index (χ4v) is 10.7. The van der Waals surface area contributed by atoms with Gasteiger partial charge in [-0.3, -0.25) is 19.4 Å². The Balaban J connectivity index is 1.27. The SMILES string of the molecule is CC1C(O)C(COCc2ccccc2)OC(OC2C(COCc3ccccc3)OC(OC3C(COCc4ccccc4)OC(OCCN=C([O-])OC(C)(C)C)C(OC(=O)C(C)(C)C)C3OCc3ccccc3)C(OC(=O)C(C)(C)C)C2OCc2ccccc2)C1OC(=O)C(C)(C)C. The number of esters is 3. The van der Waals surface area contributed by atoms with Gasteiger partial charge in [0, 0.05) is 11.5 Å². The molecule has 1 N–H and O–H groups in total. The van der Waals surface area contributed by atoms with Crippen molar-refractivity contribution in [2.24, 2.45) is 27.2 Å². The third-order valence-electron chi connectivity index (χ3n) is 16.1. The van der Waals surface area contributed by atoms with Gasteiger partial charge in [-0.1, -0.05) is 179 Å². The maximum atomic E-state index is 14.9. The third-order valence-corrected chi connectivity index (χ3v) is 16.1. The molecule has 15 unspecified atom stereocenters. The van der Waals surface area contributed by atoms with Crippen LogP contribution in [0.4, 0.5) is 0 Å². The van der Waals surface area contributed by atoms with Crippen LogP contribution in [0.2, 0.25) is 0 Å². The predicted octanol–water partition coefficient (Wildman–Crippen LogP) is 10.2. The average Bonchev–Trinajstić information content (AvgIpc) is 0.766. The van der Waals surface area contributed by atoms with Crippen LogP contribution >= 0.6 is 0 Å². The maximum absolute atomic E-state index is 14.9. The highest BCUT2D eigenvalue weighted by molar-refractivity contribution is 5.76. The quantitative estimate of drug-likeness (QED) is 0.0154. The Bertz CT molecular complexity index is 3190. The molecule has 0 bridgehead atoms. The van der Waals surface area contributed by atoms with Gasteiger partial charge in [0.1, 0.15) is 48.8 Å². The van der Waals surface area contributed by atoms with E-state index in [1.165, 1.54) is 0 Å². The molecule has 21 heteroatoms. The minimum Gasteiger partial charge on any atom is -0.595 e. The van der Waals surface area contributed by atoms with E-state index in [4.69, 9.17) is 71.1 Å². The van der Waals surface area contributed by atoms with Crippen LogP contribution in [-0.2, 0) is 118 Å². The summed E-state index contributed by atoms with van der Waals surface area (Å²) in [5, 5.41) is 25.0. The second-order valence-corrected chi connectivity index (χ2v) is 28.8. The van der Waals surface area contributed by atoms with E-state index in [1.54, 1.807) is 90.0 Å². The lowest BCUT2D eigenvalue weighted by Gasteiger charge is -2.51. The van der Waals surface area contributed by atoms with Crippen molar-refractivity contribution in [3.63, 3.8) is 0 Å². The Morgan fingerprint density at radius 1 is 0.423 bits per heavy atom. The molecule has 0 amide bonds. The van der Waals surface area contributed by atoms with Gasteiger partial charge >= 0.3 is 17.9 Å². The van der Waals surface area contributed by atoms with Crippen molar-refractivity contribution in [3.8, 4) is 0 Å². The average molecular weight is 1350 g/mol. The smallest absolute Gasteiger partial charge is 0.311 e. The fourth-order valence-electron chi connectivity index (χ4n) is 10.7. The van der Waals surface area contributed by atoms with E-state index < -0.39 is 138 Å². The van der Waals surface area contributed by atoms with Crippen LogP contribution < -0.4 is 5.11 Å². The predicted molar refractivity (Wildman–Crippen MR) is 356 cm³/mol. The second-order valence-electron chi connectivity index (χ2n) is 28.8. The summed E-state index contributed by atoms with van der Waals surface area (Å²) in [6.45, 7) is 21.8. The number of aliphatic hydroxyl groups is 1.